The molecule has 2 heterocycles. The summed E-state index contributed by atoms with van der Waals surface area (Å²) in [5.41, 5.74) is 0.518. The molecule has 1 aromatic carbocycles. The lowest BCUT2D eigenvalue weighted by atomic mass is 10.1. The Morgan fingerprint density at radius 2 is 2.25 bits per heavy atom. The molecule has 0 saturated carbocycles. The number of amides is 1. The van der Waals surface area contributed by atoms with Crippen LogP contribution in [0, 0.1) is 10.1 Å². The summed E-state index contributed by atoms with van der Waals surface area (Å²) >= 11 is 0. The van der Waals surface area contributed by atoms with Crippen molar-refractivity contribution in [2.45, 2.75) is 25.3 Å². The molecule has 24 heavy (non-hydrogen) atoms. The van der Waals surface area contributed by atoms with Gasteiger partial charge in [-0.2, -0.15) is 5.10 Å². The van der Waals surface area contributed by atoms with Crippen molar-refractivity contribution in [3.63, 3.8) is 0 Å². The van der Waals surface area contributed by atoms with E-state index < -0.39 is 4.92 Å². The minimum absolute atomic E-state index is 0.0557. The lowest BCUT2D eigenvalue weighted by Crippen LogP contribution is -2.30. The molecule has 126 valence electrons. The van der Waals surface area contributed by atoms with E-state index >= 15 is 0 Å². The Balaban J connectivity index is 1.64. The number of nitro benzene ring substituents is 1. The second-order valence-corrected chi connectivity index (χ2v) is 5.73. The van der Waals surface area contributed by atoms with Crippen LogP contribution in [0.2, 0.25) is 0 Å². The number of carbonyl (C=O) groups excluding carboxylic acids is 1. The minimum Gasteiger partial charge on any atom is -0.351 e. The van der Waals surface area contributed by atoms with Crippen LogP contribution in [0.5, 0.6) is 0 Å². The van der Waals surface area contributed by atoms with Crippen LogP contribution in [0.4, 0.5) is 5.69 Å². The smallest absolute Gasteiger partial charge is 0.294 e. The zero-order valence-electron chi connectivity index (χ0n) is 13.1. The van der Waals surface area contributed by atoms with Gasteiger partial charge in [-0.1, -0.05) is 12.1 Å². The molecule has 1 aliphatic rings. The number of hydrogen-bond acceptors (Lipinski definition) is 5. The van der Waals surface area contributed by atoms with Gasteiger partial charge in [0.25, 0.3) is 11.6 Å². The molecule has 0 spiro atoms. The Hall–Kier alpha value is -2.74. The summed E-state index contributed by atoms with van der Waals surface area (Å²) in [7, 11) is 0. The number of nitro groups is 1. The molecule has 0 unspecified atom stereocenters. The van der Waals surface area contributed by atoms with Gasteiger partial charge in [-0.25, -0.2) is 4.68 Å². The highest BCUT2D eigenvalue weighted by Crippen LogP contribution is 2.21. The zero-order valence-corrected chi connectivity index (χ0v) is 13.1. The van der Waals surface area contributed by atoms with Crippen LogP contribution in [-0.2, 0) is 0 Å². The van der Waals surface area contributed by atoms with Gasteiger partial charge in [-0.05, 0) is 37.9 Å². The third-order valence-electron chi connectivity index (χ3n) is 4.09. The Morgan fingerprint density at radius 3 is 3.00 bits per heavy atom. The van der Waals surface area contributed by atoms with Crippen molar-refractivity contribution in [1.29, 1.82) is 0 Å². The molecule has 1 aromatic heterocycles. The first kappa shape index (κ1) is 16.1. The maximum Gasteiger partial charge on any atom is 0.294 e. The van der Waals surface area contributed by atoms with Crippen molar-refractivity contribution < 1.29 is 9.72 Å². The molecular formula is C16H19N5O3. The average molecular weight is 329 g/mol. The van der Waals surface area contributed by atoms with E-state index in [9.17, 15) is 14.9 Å². The maximum atomic E-state index is 12.1. The fourth-order valence-electron chi connectivity index (χ4n) is 2.85. The van der Waals surface area contributed by atoms with Gasteiger partial charge in [0.1, 0.15) is 5.69 Å². The average Bonchev–Trinajstić information content (AvgIpc) is 3.26. The predicted octanol–water partition coefficient (Wildman–Crippen LogP) is 1.65. The summed E-state index contributed by atoms with van der Waals surface area (Å²) in [5.74, 6) is -0.273. The second kappa shape index (κ2) is 7.22. The Kier molecular flexibility index (Phi) is 4.85. The lowest BCUT2D eigenvalue weighted by molar-refractivity contribution is -0.384. The molecular weight excluding hydrogens is 310 g/mol. The van der Waals surface area contributed by atoms with Crippen LogP contribution in [0.25, 0.3) is 5.69 Å². The lowest BCUT2D eigenvalue weighted by Gasteiger charge is -2.09. The number of hydrogen-bond donors (Lipinski definition) is 2. The van der Waals surface area contributed by atoms with E-state index in [1.165, 1.54) is 17.2 Å². The third-order valence-corrected chi connectivity index (χ3v) is 4.09. The first-order valence-electron chi connectivity index (χ1n) is 7.96. The van der Waals surface area contributed by atoms with Gasteiger partial charge in [0.15, 0.2) is 5.69 Å². The number of nitrogens with zero attached hydrogens (tertiary/aromatic N) is 3. The molecule has 0 bridgehead atoms. The highest BCUT2D eigenvalue weighted by atomic mass is 16.6. The Labute approximate surface area is 139 Å². The number of aromatic nitrogens is 2. The van der Waals surface area contributed by atoms with E-state index in [1.807, 2.05) is 0 Å². The number of nitrogens with one attached hydrogen (secondary N) is 2. The number of rotatable bonds is 6. The summed E-state index contributed by atoms with van der Waals surface area (Å²) in [6, 6.07) is 8.31. The summed E-state index contributed by atoms with van der Waals surface area (Å²) < 4.78 is 1.35. The molecule has 1 saturated heterocycles. The zero-order chi connectivity index (χ0) is 16.9. The Bertz CT molecular complexity index is 737. The van der Waals surface area contributed by atoms with E-state index in [1.54, 1.807) is 30.5 Å². The molecule has 2 aromatic rings. The van der Waals surface area contributed by atoms with E-state index in [0.717, 1.165) is 19.4 Å². The van der Waals surface area contributed by atoms with Crippen molar-refractivity contribution in [3.8, 4) is 5.69 Å². The van der Waals surface area contributed by atoms with Crippen LogP contribution < -0.4 is 10.6 Å². The summed E-state index contributed by atoms with van der Waals surface area (Å²) in [5, 5.41) is 21.5. The summed E-state index contributed by atoms with van der Waals surface area (Å²) in [6.07, 6.45) is 4.76. The van der Waals surface area contributed by atoms with Crippen LogP contribution in [0.15, 0.2) is 36.5 Å². The monoisotopic (exact) mass is 329 g/mol. The standard InChI is InChI=1S/C16H19N5O3/c22-16(18-10-7-12-4-3-9-17-12)13-8-11-20(19-13)14-5-1-2-6-15(14)21(23)24/h1-2,5-6,8,11-12,17H,3-4,7,9-10H2,(H,18,22)/t12-/m1/s1. The van der Waals surface area contributed by atoms with Gasteiger partial charge < -0.3 is 10.6 Å². The molecule has 1 amide bonds. The maximum absolute atomic E-state index is 12.1. The van der Waals surface area contributed by atoms with Gasteiger partial charge >= 0.3 is 0 Å². The topological polar surface area (TPSA) is 102 Å². The fraction of sp³-hybridized carbons (Fsp3) is 0.375. The van der Waals surface area contributed by atoms with E-state index in [-0.39, 0.29) is 17.3 Å². The number of para-hydroxylation sites is 2. The SMILES string of the molecule is O=C(NCC[C@H]1CCCN1)c1ccn(-c2ccccc2[N+](=O)[O-])n1. The molecule has 1 fully saturated rings. The van der Waals surface area contributed by atoms with Gasteiger partial charge in [-0.3, -0.25) is 14.9 Å². The quantitative estimate of drug-likeness (QED) is 0.620. The first-order valence-corrected chi connectivity index (χ1v) is 7.96. The predicted molar refractivity (Wildman–Crippen MR) is 88.2 cm³/mol. The molecule has 8 heteroatoms. The van der Waals surface area contributed by atoms with E-state index in [4.69, 9.17) is 0 Å². The largest absolute Gasteiger partial charge is 0.351 e. The number of carbonyl (C=O) groups is 1. The van der Waals surface area contributed by atoms with Crippen molar-refractivity contribution in [2.24, 2.45) is 0 Å². The van der Waals surface area contributed by atoms with Crippen molar-refractivity contribution in [2.75, 3.05) is 13.1 Å². The molecule has 3 rings (SSSR count). The minimum atomic E-state index is -0.467. The normalized spacial score (nSPS) is 16.9. The van der Waals surface area contributed by atoms with E-state index in [0.29, 0.717) is 18.3 Å². The molecule has 1 atom stereocenters. The van der Waals surface area contributed by atoms with Gasteiger partial charge in [0, 0.05) is 24.8 Å². The number of benzene rings is 1. The second-order valence-electron chi connectivity index (χ2n) is 5.73. The Morgan fingerprint density at radius 1 is 1.42 bits per heavy atom. The molecule has 2 N–H and O–H groups in total. The van der Waals surface area contributed by atoms with Crippen molar-refractivity contribution in [1.82, 2.24) is 20.4 Å². The highest BCUT2D eigenvalue weighted by Gasteiger charge is 2.18. The van der Waals surface area contributed by atoms with Crippen LogP contribution in [0.3, 0.4) is 0 Å². The third kappa shape index (κ3) is 3.60. The molecule has 0 aliphatic carbocycles. The van der Waals surface area contributed by atoms with Crippen LogP contribution >= 0.6 is 0 Å². The van der Waals surface area contributed by atoms with Crippen molar-refractivity contribution >= 4 is 11.6 Å². The first-order chi connectivity index (χ1) is 11.6. The van der Waals surface area contributed by atoms with E-state index in [2.05, 4.69) is 15.7 Å². The van der Waals surface area contributed by atoms with Gasteiger partial charge in [0.2, 0.25) is 0 Å². The highest BCUT2D eigenvalue weighted by molar-refractivity contribution is 5.92. The van der Waals surface area contributed by atoms with Gasteiger partial charge in [0.05, 0.1) is 4.92 Å². The fourth-order valence-corrected chi connectivity index (χ4v) is 2.85. The van der Waals surface area contributed by atoms with Gasteiger partial charge in [-0.15, -0.1) is 0 Å². The van der Waals surface area contributed by atoms with Crippen LogP contribution in [0.1, 0.15) is 29.8 Å². The summed E-state index contributed by atoms with van der Waals surface area (Å²) in [4.78, 5) is 22.8. The van der Waals surface area contributed by atoms with Crippen molar-refractivity contribution in [3.05, 3.63) is 52.3 Å². The summed E-state index contributed by atoms with van der Waals surface area (Å²) in [6.45, 7) is 1.62. The van der Waals surface area contributed by atoms with Crippen LogP contribution in [-0.4, -0.2) is 39.7 Å². The molecule has 8 nitrogen and oxygen atoms in total. The molecule has 0 radical (unpaired) electrons. The molecule has 1 aliphatic heterocycles.